The lowest BCUT2D eigenvalue weighted by molar-refractivity contribution is 0.0953. The quantitative estimate of drug-likeness (QED) is 0.344. The predicted octanol–water partition coefficient (Wildman–Crippen LogP) is 4.00. The number of carbonyl (C=O) groups is 1. The van der Waals surface area contributed by atoms with Crippen molar-refractivity contribution in [2.24, 2.45) is 0 Å². The molecule has 0 aliphatic rings. The summed E-state index contributed by atoms with van der Waals surface area (Å²) in [5.41, 5.74) is 1.89. The molecule has 8 nitrogen and oxygen atoms in total. The number of aromatic nitrogens is 2. The molecule has 0 spiro atoms. The average molecular weight is 465 g/mol. The topological polar surface area (TPSA) is 106 Å². The molecule has 0 aliphatic carbocycles. The minimum absolute atomic E-state index is 0.279. The van der Waals surface area contributed by atoms with Gasteiger partial charge in [-0.2, -0.15) is 0 Å². The zero-order chi connectivity index (χ0) is 23.2. The van der Waals surface area contributed by atoms with Gasteiger partial charge in [0.25, 0.3) is 5.91 Å². The van der Waals surface area contributed by atoms with Gasteiger partial charge in [0.1, 0.15) is 23.3 Å². The average Bonchev–Trinajstić information content (AvgIpc) is 3.25. The lowest BCUT2D eigenvalue weighted by Gasteiger charge is -2.23. The van der Waals surface area contributed by atoms with Gasteiger partial charge in [-0.25, -0.2) is 4.98 Å². The summed E-state index contributed by atoms with van der Waals surface area (Å²) in [6, 6.07) is 17.9. The lowest BCUT2D eigenvalue weighted by atomic mass is 10.0. The first kappa shape index (κ1) is 22.7. The largest absolute Gasteiger partial charge is 0.457 e. The summed E-state index contributed by atoms with van der Waals surface area (Å²) in [6.45, 7) is 0.316. The summed E-state index contributed by atoms with van der Waals surface area (Å²) in [4.78, 5) is 20.5. The van der Waals surface area contributed by atoms with Gasteiger partial charge in [-0.05, 0) is 23.8 Å². The van der Waals surface area contributed by atoms with Crippen LogP contribution in [0.1, 0.15) is 22.2 Å². The van der Waals surface area contributed by atoms with Crippen LogP contribution in [0.4, 0.5) is 5.13 Å². The van der Waals surface area contributed by atoms with Crippen LogP contribution in [0.3, 0.4) is 0 Å². The van der Waals surface area contributed by atoms with Gasteiger partial charge in [0.15, 0.2) is 5.13 Å². The molecule has 0 fully saturated rings. The normalized spacial score (nSPS) is 12.8. The number of benzene rings is 2. The van der Waals surface area contributed by atoms with Crippen LogP contribution in [0.15, 0.2) is 66.9 Å². The van der Waals surface area contributed by atoms with Crippen LogP contribution in [-0.2, 0) is 4.74 Å². The Balaban J connectivity index is 1.52. The van der Waals surface area contributed by atoms with Crippen LogP contribution < -0.4 is 15.4 Å². The molecule has 33 heavy (non-hydrogen) atoms. The van der Waals surface area contributed by atoms with Crippen molar-refractivity contribution >= 4 is 32.6 Å². The Bertz CT molecular complexity index is 1230. The van der Waals surface area contributed by atoms with Crippen molar-refractivity contribution in [3.05, 3.63) is 78.1 Å². The van der Waals surface area contributed by atoms with Crippen molar-refractivity contribution in [1.29, 1.82) is 0 Å². The van der Waals surface area contributed by atoms with Gasteiger partial charge in [-0.1, -0.05) is 41.7 Å². The fraction of sp³-hybridized carbons (Fsp3) is 0.208. The van der Waals surface area contributed by atoms with E-state index in [4.69, 9.17) is 9.47 Å². The van der Waals surface area contributed by atoms with Crippen LogP contribution in [0.5, 0.6) is 11.5 Å². The van der Waals surface area contributed by atoms with Crippen molar-refractivity contribution < 1.29 is 19.4 Å². The number of hydrogen-bond acceptors (Lipinski definition) is 8. The number of rotatable bonds is 9. The SMILES string of the molecule is CNC(=O)c1cc(Oc2ccc3nc(N[C@@H](COC)[C@@H](O)c4ccccc4)sc3c2)ccn1. The Morgan fingerprint density at radius 2 is 1.91 bits per heavy atom. The maximum Gasteiger partial charge on any atom is 0.269 e. The molecule has 0 bridgehead atoms. The van der Waals surface area contributed by atoms with Crippen molar-refractivity contribution in [3.63, 3.8) is 0 Å². The Hall–Kier alpha value is -3.53. The van der Waals surface area contributed by atoms with Gasteiger partial charge >= 0.3 is 0 Å². The van der Waals surface area contributed by atoms with Crippen LogP contribution in [0, 0.1) is 0 Å². The van der Waals surface area contributed by atoms with E-state index in [0.717, 1.165) is 15.8 Å². The Labute approximate surface area is 195 Å². The first-order valence-electron chi connectivity index (χ1n) is 10.3. The number of nitrogens with one attached hydrogen (secondary N) is 2. The molecule has 2 heterocycles. The summed E-state index contributed by atoms with van der Waals surface area (Å²) in [6.07, 6.45) is 0.777. The number of anilines is 1. The number of carbonyl (C=O) groups excluding carboxylic acids is 1. The van der Waals surface area contributed by atoms with E-state index in [1.807, 2.05) is 48.5 Å². The molecule has 0 saturated carbocycles. The minimum atomic E-state index is -0.752. The molecule has 2 aromatic heterocycles. The molecule has 1 amide bonds. The highest BCUT2D eigenvalue weighted by molar-refractivity contribution is 7.22. The number of methoxy groups -OCH3 is 1. The third-order valence-electron chi connectivity index (χ3n) is 4.96. The summed E-state index contributed by atoms with van der Waals surface area (Å²) >= 11 is 1.46. The smallest absolute Gasteiger partial charge is 0.269 e. The van der Waals surface area contributed by atoms with E-state index in [1.54, 1.807) is 26.3 Å². The molecule has 9 heteroatoms. The molecule has 2 atom stereocenters. The highest BCUT2D eigenvalue weighted by Gasteiger charge is 2.22. The molecule has 0 radical (unpaired) electrons. The lowest BCUT2D eigenvalue weighted by Crippen LogP contribution is -2.32. The van der Waals surface area contributed by atoms with Gasteiger partial charge in [0, 0.05) is 32.5 Å². The van der Waals surface area contributed by atoms with Gasteiger partial charge < -0.3 is 25.2 Å². The summed E-state index contributed by atoms with van der Waals surface area (Å²) in [5.74, 6) is 0.846. The van der Waals surface area contributed by atoms with Crippen molar-refractivity contribution in [3.8, 4) is 11.5 Å². The number of thiazole rings is 1. The molecule has 0 saturated heterocycles. The highest BCUT2D eigenvalue weighted by Crippen LogP contribution is 2.32. The van der Waals surface area contributed by atoms with E-state index in [1.165, 1.54) is 17.5 Å². The Morgan fingerprint density at radius 3 is 2.67 bits per heavy atom. The molecule has 4 aromatic rings. The molecular formula is C24H24N4O4S. The van der Waals surface area contributed by atoms with Crippen molar-refractivity contribution in [2.75, 3.05) is 26.1 Å². The number of aliphatic hydroxyl groups is 1. The molecule has 0 unspecified atom stereocenters. The second-order valence-corrected chi connectivity index (χ2v) is 8.30. The monoisotopic (exact) mass is 464 g/mol. The van der Waals surface area contributed by atoms with Crippen molar-refractivity contribution in [1.82, 2.24) is 15.3 Å². The number of fused-ring (bicyclic) bond motifs is 1. The van der Waals surface area contributed by atoms with E-state index in [2.05, 4.69) is 20.6 Å². The second-order valence-electron chi connectivity index (χ2n) is 7.27. The first-order chi connectivity index (χ1) is 16.1. The molecule has 0 aliphatic heterocycles. The minimum Gasteiger partial charge on any atom is -0.457 e. The van der Waals surface area contributed by atoms with E-state index < -0.39 is 6.10 Å². The number of amides is 1. The molecule has 170 valence electrons. The fourth-order valence-corrected chi connectivity index (χ4v) is 4.28. The number of hydrogen-bond donors (Lipinski definition) is 3. The van der Waals surface area contributed by atoms with Crippen molar-refractivity contribution in [2.45, 2.75) is 12.1 Å². The second kappa shape index (κ2) is 10.4. The number of nitrogens with zero attached hydrogens (tertiary/aromatic N) is 2. The number of aliphatic hydroxyl groups excluding tert-OH is 1. The predicted molar refractivity (Wildman–Crippen MR) is 128 cm³/mol. The van der Waals surface area contributed by atoms with Gasteiger partial charge in [0.2, 0.25) is 0 Å². The zero-order valence-corrected chi connectivity index (χ0v) is 19.0. The number of ether oxygens (including phenoxy) is 2. The van der Waals surface area contributed by atoms with Crippen LogP contribution in [0.25, 0.3) is 10.2 Å². The van der Waals surface area contributed by atoms with Crippen LogP contribution >= 0.6 is 11.3 Å². The standard InChI is InChI=1S/C24H24N4O4S/c1-25-23(30)19-12-17(10-11-26-19)32-16-8-9-18-21(13-16)33-24(27-18)28-20(14-31-2)22(29)15-6-4-3-5-7-15/h3-13,20,22,29H,14H2,1-2H3,(H,25,30)(H,27,28)/t20-,22-/m0/s1. The van der Waals surface area contributed by atoms with Gasteiger partial charge in [-0.3, -0.25) is 9.78 Å². The van der Waals surface area contributed by atoms with E-state index in [-0.39, 0.29) is 17.6 Å². The van der Waals surface area contributed by atoms with E-state index >= 15 is 0 Å². The van der Waals surface area contributed by atoms with E-state index in [0.29, 0.717) is 23.2 Å². The van der Waals surface area contributed by atoms with E-state index in [9.17, 15) is 9.90 Å². The summed E-state index contributed by atoms with van der Waals surface area (Å²) < 4.78 is 12.2. The third-order valence-corrected chi connectivity index (χ3v) is 5.91. The molecule has 4 rings (SSSR count). The molecular weight excluding hydrogens is 440 g/mol. The fourth-order valence-electron chi connectivity index (χ4n) is 3.33. The maximum atomic E-state index is 11.8. The maximum absolute atomic E-state index is 11.8. The summed E-state index contributed by atoms with van der Waals surface area (Å²) in [7, 11) is 3.15. The zero-order valence-electron chi connectivity index (χ0n) is 18.2. The van der Waals surface area contributed by atoms with Gasteiger partial charge in [-0.15, -0.1) is 0 Å². The highest BCUT2D eigenvalue weighted by atomic mass is 32.1. The summed E-state index contributed by atoms with van der Waals surface area (Å²) in [5, 5.41) is 17.3. The van der Waals surface area contributed by atoms with Crippen LogP contribution in [-0.4, -0.2) is 47.8 Å². The number of pyridine rings is 1. The van der Waals surface area contributed by atoms with Gasteiger partial charge in [0.05, 0.1) is 22.9 Å². The Kier molecular flexibility index (Phi) is 7.13. The van der Waals surface area contributed by atoms with Crippen LogP contribution in [0.2, 0.25) is 0 Å². The molecule has 2 aromatic carbocycles. The third kappa shape index (κ3) is 5.46. The first-order valence-corrected chi connectivity index (χ1v) is 11.1. The Morgan fingerprint density at radius 1 is 1.12 bits per heavy atom. The molecule has 3 N–H and O–H groups in total.